The molecule has 0 amide bonds. The first-order chi connectivity index (χ1) is 12.1. The Morgan fingerprint density at radius 2 is 2.20 bits per heavy atom. The molecular formula is C16H13BrN6O2. The number of halogens is 1. The molecule has 4 rings (SSSR count). The molecule has 0 radical (unpaired) electrons. The van der Waals surface area contributed by atoms with Crippen molar-refractivity contribution in [1.29, 1.82) is 0 Å². The number of nitrogens with zero attached hydrogens (tertiary/aromatic N) is 4. The highest BCUT2D eigenvalue weighted by Gasteiger charge is 2.15. The summed E-state index contributed by atoms with van der Waals surface area (Å²) in [6, 6.07) is 9.57. The lowest BCUT2D eigenvalue weighted by atomic mass is 10.1. The monoisotopic (exact) mass is 400 g/mol. The lowest BCUT2D eigenvalue weighted by molar-refractivity contribution is -0.391. The Hall–Kier alpha value is -2.94. The summed E-state index contributed by atoms with van der Waals surface area (Å²) in [4.78, 5) is 17.7. The normalized spacial score (nSPS) is 11.2. The van der Waals surface area contributed by atoms with Gasteiger partial charge in [-0.1, -0.05) is 25.5 Å². The molecule has 25 heavy (non-hydrogen) atoms. The van der Waals surface area contributed by atoms with Gasteiger partial charge in [0.05, 0.1) is 0 Å². The fourth-order valence-corrected chi connectivity index (χ4v) is 3.12. The van der Waals surface area contributed by atoms with Crippen LogP contribution >= 0.6 is 15.9 Å². The Balaban J connectivity index is 1.51. The number of imidazole rings is 1. The van der Waals surface area contributed by atoms with E-state index in [4.69, 9.17) is 0 Å². The minimum Gasteiger partial charge on any atom is -0.367 e. The Labute approximate surface area is 150 Å². The average molecular weight is 401 g/mol. The molecule has 0 aliphatic carbocycles. The molecule has 3 heterocycles. The van der Waals surface area contributed by atoms with Crippen molar-refractivity contribution in [2.24, 2.45) is 0 Å². The maximum atomic E-state index is 11.0. The van der Waals surface area contributed by atoms with E-state index in [0.717, 1.165) is 16.4 Å². The number of anilines is 1. The van der Waals surface area contributed by atoms with Gasteiger partial charge in [0.1, 0.15) is 6.20 Å². The van der Waals surface area contributed by atoms with Crippen molar-refractivity contribution in [3.8, 4) is 0 Å². The van der Waals surface area contributed by atoms with E-state index in [1.807, 2.05) is 18.3 Å². The molecule has 0 saturated carbocycles. The van der Waals surface area contributed by atoms with Gasteiger partial charge in [0.25, 0.3) is 0 Å². The standard InChI is InChI=1S/C16H13BrN6O2/c17-11-1-2-13-12(7-11)10(8-19-13)5-6-18-14-3-4-15-20-9-16(23(24)25)22(15)21-14/h1-4,7-9,19H,5-6H2,(H,18,21). The topological polar surface area (TPSA) is 101 Å². The van der Waals surface area contributed by atoms with Crippen LogP contribution in [0.2, 0.25) is 0 Å². The van der Waals surface area contributed by atoms with Crippen LogP contribution in [-0.2, 0) is 6.42 Å². The predicted molar refractivity (Wildman–Crippen MR) is 97.8 cm³/mol. The first-order valence-electron chi connectivity index (χ1n) is 7.60. The van der Waals surface area contributed by atoms with E-state index < -0.39 is 4.92 Å². The van der Waals surface area contributed by atoms with Crippen LogP contribution in [-0.4, -0.2) is 31.1 Å². The van der Waals surface area contributed by atoms with Gasteiger partial charge in [-0.3, -0.25) is 0 Å². The van der Waals surface area contributed by atoms with E-state index in [1.165, 1.54) is 21.7 Å². The number of rotatable bonds is 5. The van der Waals surface area contributed by atoms with E-state index in [0.29, 0.717) is 18.0 Å². The molecule has 0 fully saturated rings. The van der Waals surface area contributed by atoms with Gasteiger partial charge >= 0.3 is 5.82 Å². The number of nitro groups is 1. The Bertz CT molecular complexity index is 1090. The van der Waals surface area contributed by atoms with Gasteiger partial charge in [-0.25, -0.2) is 4.98 Å². The van der Waals surface area contributed by atoms with E-state index in [-0.39, 0.29) is 5.82 Å². The van der Waals surface area contributed by atoms with Crippen LogP contribution in [0, 0.1) is 10.1 Å². The summed E-state index contributed by atoms with van der Waals surface area (Å²) in [7, 11) is 0. The third-order valence-electron chi connectivity index (χ3n) is 3.96. The molecular weight excluding hydrogens is 388 g/mol. The highest BCUT2D eigenvalue weighted by Crippen LogP contribution is 2.23. The Morgan fingerprint density at radius 1 is 1.32 bits per heavy atom. The fraction of sp³-hybridized carbons (Fsp3) is 0.125. The van der Waals surface area contributed by atoms with E-state index >= 15 is 0 Å². The zero-order valence-corrected chi connectivity index (χ0v) is 14.5. The smallest absolute Gasteiger partial charge is 0.367 e. The predicted octanol–water partition coefficient (Wildman–Crippen LogP) is 3.54. The molecule has 3 aromatic heterocycles. The van der Waals surface area contributed by atoms with Gasteiger partial charge in [-0.15, -0.1) is 0 Å². The van der Waals surface area contributed by atoms with E-state index in [1.54, 1.807) is 12.1 Å². The molecule has 4 aromatic rings. The van der Waals surface area contributed by atoms with Crippen molar-refractivity contribution in [1.82, 2.24) is 19.6 Å². The molecule has 0 unspecified atom stereocenters. The van der Waals surface area contributed by atoms with Crippen LogP contribution in [0.15, 0.2) is 47.2 Å². The molecule has 0 atom stereocenters. The Kier molecular flexibility index (Phi) is 3.85. The highest BCUT2D eigenvalue weighted by molar-refractivity contribution is 9.10. The molecule has 0 bridgehead atoms. The fourth-order valence-electron chi connectivity index (χ4n) is 2.76. The SMILES string of the molecule is O=[N+]([O-])c1cnc2ccc(NCCc3c[nH]c4ccc(Br)cc34)nn12. The number of aromatic amines is 1. The van der Waals surface area contributed by atoms with Crippen LogP contribution in [0.1, 0.15) is 5.56 Å². The summed E-state index contributed by atoms with van der Waals surface area (Å²) in [5.41, 5.74) is 2.73. The van der Waals surface area contributed by atoms with E-state index in [2.05, 4.69) is 42.4 Å². The first-order valence-corrected chi connectivity index (χ1v) is 8.40. The molecule has 0 spiro atoms. The number of hydrogen-bond acceptors (Lipinski definition) is 5. The third-order valence-corrected chi connectivity index (χ3v) is 4.45. The minimum absolute atomic E-state index is 0.153. The summed E-state index contributed by atoms with van der Waals surface area (Å²) >= 11 is 3.49. The van der Waals surface area contributed by atoms with Crippen LogP contribution in [0.5, 0.6) is 0 Å². The Morgan fingerprint density at radius 3 is 3.04 bits per heavy atom. The summed E-state index contributed by atoms with van der Waals surface area (Å²) in [5, 5.41) is 19.6. The van der Waals surface area contributed by atoms with Gasteiger partial charge in [-0.05, 0) is 41.2 Å². The largest absolute Gasteiger partial charge is 0.368 e. The second kappa shape index (κ2) is 6.17. The number of nitrogens with one attached hydrogen (secondary N) is 2. The van der Waals surface area contributed by atoms with Gasteiger partial charge < -0.3 is 20.4 Å². The van der Waals surface area contributed by atoms with Gasteiger partial charge in [0, 0.05) is 34.2 Å². The molecule has 0 saturated heterocycles. The van der Waals surface area contributed by atoms with Crippen molar-refractivity contribution in [3.05, 3.63) is 62.9 Å². The lowest BCUT2D eigenvalue weighted by Crippen LogP contribution is -2.08. The molecule has 9 heteroatoms. The number of hydrogen-bond donors (Lipinski definition) is 2. The van der Waals surface area contributed by atoms with Crippen molar-refractivity contribution >= 4 is 44.1 Å². The van der Waals surface area contributed by atoms with Crippen LogP contribution in [0.3, 0.4) is 0 Å². The molecule has 126 valence electrons. The molecule has 0 aliphatic heterocycles. The second-order valence-corrected chi connectivity index (χ2v) is 6.46. The van der Waals surface area contributed by atoms with E-state index in [9.17, 15) is 10.1 Å². The summed E-state index contributed by atoms with van der Waals surface area (Å²) in [5.74, 6) is 0.412. The zero-order valence-electron chi connectivity index (χ0n) is 12.9. The number of fused-ring (bicyclic) bond motifs is 2. The van der Waals surface area contributed by atoms with Crippen LogP contribution < -0.4 is 5.32 Å². The van der Waals surface area contributed by atoms with Crippen molar-refractivity contribution in [2.45, 2.75) is 6.42 Å². The molecule has 8 nitrogen and oxygen atoms in total. The van der Waals surface area contributed by atoms with Crippen molar-refractivity contribution in [2.75, 3.05) is 11.9 Å². The van der Waals surface area contributed by atoms with Crippen LogP contribution in [0.25, 0.3) is 16.6 Å². The van der Waals surface area contributed by atoms with Gasteiger partial charge in [-0.2, -0.15) is 0 Å². The summed E-state index contributed by atoms with van der Waals surface area (Å²) in [6.07, 6.45) is 3.99. The van der Waals surface area contributed by atoms with Crippen molar-refractivity contribution < 1.29 is 4.92 Å². The molecule has 2 N–H and O–H groups in total. The maximum absolute atomic E-state index is 11.0. The molecule has 1 aromatic carbocycles. The van der Waals surface area contributed by atoms with Gasteiger partial charge in [0.2, 0.25) is 5.65 Å². The minimum atomic E-state index is -0.499. The maximum Gasteiger partial charge on any atom is 0.368 e. The zero-order chi connectivity index (χ0) is 17.4. The number of H-pyrrole nitrogens is 1. The first kappa shape index (κ1) is 15.6. The summed E-state index contributed by atoms with van der Waals surface area (Å²) in [6.45, 7) is 0.653. The number of benzene rings is 1. The van der Waals surface area contributed by atoms with Gasteiger partial charge in [0.15, 0.2) is 5.82 Å². The second-order valence-electron chi connectivity index (χ2n) is 5.54. The lowest BCUT2D eigenvalue weighted by Gasteiger charge is -2.04. The number of aromatic nitrogens is 4. The highest BCUT2D eigenvalue weighted by atomic mass is 79.9. The molecule has 0 aliphatic rings. The van der Waals surface area contributed by atoms with Crippen LogP contribution in [0.4, 0.5) is 11.6 Å². The van der Waals surface area contributed by atoms with Crippen molar-refractivity contribution in [3.63, 3.8) is 0 Å². The third kappa shape index (κ3) is 2.93. The quantitative estimate of drug-likeness (QED) is 0.394. The average Bonchev–Trinajstić information content (AvgIpc) is 3.18. The summed E-state index contributed by atoms with van der Waals surface area (Å²) < 4.78 is 2.26.